The van der Waals surface area contributed by atoms with E-state index in [1.165, 1.54) is 12.8 Å². The lowest BCUT2D eigenvalue weighted by molar-refractivity contribution is 0.304. The van der Waals surface area contributed by atoms with Crippen molar-refractivity contribution >= 4 is 5.82 Å². The minimum absolute atomic E-state index is 0.0357. The van der Waals surface area contributed by atoms with E-state index in [-0.39, 0.29) is 5.54 Å². The summed E-state index contributed by atoms with van der Waals surface area (Å²) in [6.07, 6.45) is 2.54. The lowest BCUT2D eigenvalue weighted by Gasteiger charge is -2.30. The summed E-state index contributed by atoms with van der Waals surface area (Å²) < 4.78 is 2.15. The van der Waals surface area contributed by atoms with Gasteiger partial charge in [-0.15, -0.1) is 0 Å². The van der Waals surface area contributed by atoms with Crippen LogP contribution in [0.1, 0.15) is 43.5 Å². The number of hydrogen-bond donors (Lipinski definition) is 1. The van der Waals surface area contributed by atoms with E-state index in [2.05, 4.69) is 31.4 Å². The first-order valence-electron chi connectivity index (χ1n) is 5.79. The molecule has 0 aromatic carbocycles. The van der Waals surface area contributed by atoms with Gasteiger partial charge in [0, 0.05) is 11.2 Å². The summed E-state index contributed by atoms with van der Waals surface area (Å²) in [5, 5.41) is 9.11. The summed E-state index contributed by atoms with van der Waals surface area (Å²) in [6, 6.07) is 2.21. The van der Waals surface area contributed by atoms with E-state index in [1.54, 1.807) is 0 Å². The quantitative estimate of drug-likeness (QED) is 0.828. The number of rotatable bonds is 2. The molecule has 16 heavy (non-hydrogen) atoms. The SMILES string of the molecule is Cc1c(C#N)c(N)n(C(C)(C)C2CC2)c1C. The van der Waals surface area contributed by atoms with Crippen LogP contribution in [-0.2, 0) is 5.54 Å². The second-order valence-corrected chi connectivity index (χ2v) is 5.35. The lowest BCUT2D eigenvalue weighted by Crippen LogP contribution is -2.30. The molecule has 1 aliphatic rings. The molecule has 3 heteroatoms. The Morgan fingerprint density at radius 3 is 2.31 bits per heavy atom. The molecular weight excluding hydrogens is 198 g/mol. The van der Waals surface area contributed by atoms with Crippen molar-refractivity contribution in [1.82, 2.24) is 4.57 Å². The van der Waals surface area contributed by atoms with E-state index in [0.717, 1.165) is 11.3 Å². The Balaban J connectivity index is 2.61. The summed E-state index contributed by atoms with van der Waals surface area (Å²) >= 11 is 0. The highest BCUT2D eigenvalue weighted by atomic mass is 15.1. The Bertz CT molecular complexity index is 470. The summed E-state index contributed by atoms with van der Waals surface area (Å²) in [7, 11) is 0. The Hall–Kier alpha value is -1.43. The van der Waals surface area contributed by atoms with Gasteiger partial charge in [-0.25, -0.2) is 0 Å². The number of nitrogens with zero attached hydrogens (tertiary/aromatic N) is 2. The highest BCUT2D eigenvalue weighted by Crippen LogP contribution is 2.46. The molecule has 0 radical (unpaired) electrons. The first kappa shape index (κ1) is 11.1. The van der Waals surface area contributed by atoms with Gasteiger partial charge in [0.05, 0.1) is 5.56 Å². The number of nitriles is 1. The maximum Gasteiger partial charge on any atom is 0.122 e. The van der Waals surface area contributed by atoms with Crippen molar-refractivity contribution in [1.29, 1.82) is 5.26 Å². The number of anilines is 1. The fourth-order valence-corrected chi connectivity index (χ4v) is 2.69. The predicted molar refractivity (Wildman–Crippen MR) is 65.1 cm³/mol. The van der Waals surface area contributed by atoms with Crippen LogP contribution in [0.2, 0.25) is 0 Å². The van der Waals surface area contributed by atoms with Gasteiger partial charge in [0.2, 0.25) is 0 Å². The third-order valence-electron chi connectivity index (χ3n) is 4.01. The Morgan fingerprint density at radius 1 is 1.38 bits per heavy atom. The van der Waals surface area contributed by atoms with E-state index in [0.29, 0.717) is 17.3 Å². The molecule has 0 saturated heterocycles. The molecule has 1 aromatic heterocycles. The van der Waals surface area contributed by atoms with Crippen molar-refractivity contribution in [3.8, 4) is 6.07 Å². The topological polar surface area (TPSA) is 54.7 Å². The number of nitrogens with two attached hydrogens (primary N) is 1. The molecule has 0 bridgehead atoms. The molecule has 1 aliphatic carbocycles. The molecule has 1 aromatic rings. The van der Waals surface area contributed by atoms with Gasteiger partial charge in [-0.05, 0) is 52.0 Å². The summed E-state index contributed by atoms with van der Waals surface area (Å²) in [6.45, 7) is 8.46. The minimum atomic E-state index is 0.0357. The van der Waals surface area contributed by atoms with Gasteiger partial charge >= 0.3 is 0 Å². The van der Waals surface area contributed by atoms with Crippen LogP contribution in [0.4, 0.5) is 5.82 Å². The van der Waals surface area contributed by atoms with Crippen LogP contribution in [0.3, 0.4) is 0 Å². The molecule has 2 N–H and O–H groups in total. The first-order valence-corrected chi connectivity index (χ1v) is 5.79. The molecule has 86 valence electrons. The number of aromatic nitrogens is 1. The molecule has 0 atom stereocenters. The molecule has 0 unspecified atom stereocenters. The lowest BCUT2D eigenvalue weighted by atomic mass is 9.98. The molecule has 1 fully saturated rings. The van der Waals surface area contributed by atoms with Gasteiger partial charge in [-0.3, -0.25) is 0 Å². The fraction of sp³-hybridized carbons (Fsp3) is 0.615. The van der Waals surface area contributed by atoms with Crippen molar-refractivity contribution in [2.45, 2.75) is 46.1 Å². The summed E-state index contributed by atoms with van der Waals surface area (Å²) in [5.74, 6) is 1.33. The van der Waals surface area contributed by atoms with Gasteiger partial charge in [0.25, 0.3) is 0 Å². The maximum atomic E-state index is 9.11. The van der Waals surface area contributed by atoms with E-state index in [1.807, 2.05) is 6.92 Å². The summed E-state index contributed by atoms with van der Waals surface area (Å²) in [4.78, 5) is 0. The van der Waals surface area contributed by atoms with Gasteiger partial charge < -0.3 is 10.3 Å². The van der Waals surface area contributed by atoms with E-state index < -0.39 is 0 Å². The molecular formula is C13H19N3. The zero-order valence-electron chi connectivity index (χ0n) is 10.5. The molecule has 0 spiro atoms. The van der Waals surface area contributed by atoms with Gasteiger partial charge in [-0.1, -0.05) is 0 Å². The number of nitrogen functional groups attached to an aromatic ring is 1. The van der Waals surface area contributed by atoms with Crippen molar-refractivity contribution in [3.05, 3.63) is 16.8 Å². The standard InChI is InChI=1S/C13H19N3/c1-8-9(2)16(12(15)11(8)7-14)13(3,4)10-5-6-10/h10H,5-6,15H2,1-4H3. The smallest absolute Gasteiger partial charge is 0.122 e. The molecule has 1 heterocycles. The van der Waals surface area contributed by atoms with Crippen molar-refractivity contribution in [3.63, 3.8) is 0 Å². The summed E-state index contributed by atoms with van der Waals surface area (Å²) in [5.41, 5.74) is 8.94. The molecule has 2 rings (SSSR count). The highest BCUT2D eigenvalue weighted by Gasteiger charge is 2.41. The Morgan fingerprint density at radius 2 is 1.94 bits per heavy atom. The molecule has 0 amide bonds. The van der Waals surface area contributed by atoms with Crippen molar-refractivity contribution in [2.24, 2.45) is 5.92 Å². The van der Waals surface area contributed by atoms with Gasteiger partial charge in [-0.2, -0.15) is 5.26 Å². The molecule has 1 saturated carbocycles. The highest BCUT2D eigenvalue weighted by molar-refractivity contribution is 5.58. The van der Waals surface area contributed by atoms with E-state index in [4.69, 9.17) is 11.0 Å². The van der Waals surface area contributed by atoms with Gasteiger partial charge in [0.15, 0.2) is 0 Å². The Labute approximate surface area is 96.9 Å². The van der Waals surface area contributed by atoms with Crippen molar-refractivity contribution < 1.29 is 0 Å². The van der Waals surface area contributed by atoms with Crippen LogP contribution in [0, 0.1) is 31.1 Å². The van der Waals surface area contributed by atoms with Gasteiger partial charge in [0.1, 0.15) is 11.9 Å². The van der Waals surface area contributed by atoms with Crippen molar-refractivity contribution in [2.75, 3.05) is 5.73 Å². The average Bonchev–Trinajstić information content (AvgIpc) is 2.98. The second kappa shape index (κ2) is 3.28. The van der Waals surface area contributed by atoms with E-state index in [9.17, 15) is 0 Å². The molecule has 3 nitrogen and oxygen atoms in total. The average molecular weight is 217 g/mol. The Kier molecular flexibility index (Phi) is 2.27. The van der Waals surface area contributed by atoms with Crippen LogP contribution in [0.5, 0.6) is 0 Å². The maximum absolute atomic E-state index is 9.11. The third-order valence-corrected chi connectivity index (χ3v) is 4.01. The normalized spacial score (nSPS) is 16.2. The zero-order valence-corrected chi connectivity index (χ0v) is 10.5. The second-order valence-electron chi connectivity index (χ2n) is 5.35. The monoisotopic (exact) mass is 217 g/mol. The van der Waals surface area contributed by atoms with Crippen LogP contribution in [0.25, 0.3) is 0 Å². The number of hydrogen-bond acceptors (Lipinski definition) is 2. The third kappa shape index (κ3) is 1.33. The predicted octanol–water partition coefficient (Wildman–Crippen LogP) is 2.70. The largest absolute Gasteiger partial charge is 0.384 e. The van der Waals surface area contributed by atoms with Crippen LogP contribution in [0.15, 0.2) is 0 Å². The van der Waals surface area contributed by atoms with Crippen LogP contribution in [-0.4, -0.2) is 4.57 Å². The first-order chi connectivity index (χ1) is 7.41. The van der Waals surface area contributed by atoms with Crippen LogP contribution < -0.4 is 5.73 Å². The molecule has 0 aliphatic heterocycles. The zero-order chi connectivity index (χ0) is 12.1. The van der Waals surface area contributed by atoms with E-state index >= 15 is 0 Å². The fourth-order valence-electron chi connectivity index (χ4n) is 2.69. The minimum Gasteiger partial charge on any atom is -0.384 e. The van der Waals surface area contributed by atoms with Crippen LogP contribution >= 0.6 is 0 Å².